The molecule has 2 heterocycles. The third-order valence-corrected chi connectivity index (χ3v) is 3.58. The van der Waals surface area contributed by atoms with Crippen LogP contribution in [0.3, 0.4) is 0 Å². The highest BCUT2D eigenvalue weighted by Crippen LogP contribution is 2.27. The molecule has 0 aliphatic heterocycles. The third kappa shape index (κ3) is 0.806. The van der Waals surface area contributed by atoms with Gasteiger partial charge in [-0.25, -0.2) is 4.98 Å². The van der Waals surface area contributed by atoms with Crippen LogP contribution in [0.5, 0.6) is 0 Å². The number of hydrogen-bond acceptors (Lipinski definition) is 3. The van der Waals surface area contributed by atoms with Gasteiger partial charge in [0.1, 0.15) is 0 Å². The molecule has 3 heteroatoms. The summed E-state index contributed by atoms with van der Waals surface area (Å²) in [6.45, 7) is 0. The molecule has 0 N–H and O–H groups in total. The minimum absolute atomic E-state index is 1.12. The summed E-state index contributed by atoms with van der Waals surface area (Å²) in [5, 5.41) is 3.42. The van der Waals surface area contributed by atoms with E-state index in [4.69, 9.17) is 0 Å². The van der Waals surface area contributed by atoms with Crippen LogP contribution in [-0.4, -0.2) is 4.98 Å². The van der Waals surface area contributed by atoms with Crippen molar-refractivity contribution >= 4 is 43.0 Å². The topological polar surface area (TPSA) is 12.9 Å². The zero-order chi connectivity index (χ0) is 7.97. The first kappa shape index (κ1) is 6.57. The fourth-order valence-corrected chi connectivity index (χ4v) is 2.90. The minimum atomic E-state index is 1.12. The quantitative estimate of drug-likeness (QED) is 0.530. The summed E-state index contributed by atoms with van der Waals surface area (Å²) in [5.74, 6) is 0. The molecule has 58 valence electrons. The number of thiazole rings is 1. The van der Waals surface area contributed by atoms with E-state index in [1.807, 2.05) is 5.51 Å². The van der Waals surface area contributed by atoms with E-state index in [1.165, 1.54) is 14.8 Å². The first-order valence-corrected chi connectivity index (χ1v) is 5.40. The van der Waals surface area contributed by atoms with Gasteiger partial charge in [-0.05, 0) is 29.0 Å². The monoisotopic (exact) mass is 191 g/mol. The van der Waals surface area contributed by atoms with Gasteiger partial charge >= 0.3 is 0 Å². The lowest BCUT2D eigenvalue weighted by molar-refractivity contribution is 1.51. The lowest BCUT2D eigenvalue weighted by atomic mass is 10.2. The fraction of sp³-hybridized carbons (Fsp3) is 0. The second kappa shape index (κ2) is 2.28. The highest BCUT2D eigenvalue weighted by Gasteiger charge is 1.99. The van der Waals surface area contributed by atoms with Gasteiger partial charge in [-0.1, -0.05) is 0 Å². The maximum absolute atomic E-state index is 4.27. The number of benzene rings is 1. The van der Waals surface area contributed by atoms with Crippen LogP contribution >= 0.6 is 22.7 Å². The third-order valence-electron chi connectivity index (χ3n) is 1.91. The van der Waals surface area contributed by atoms with E-state index >= 15 is 0 Å². The molecule has 1 aromatic carbocycles. The maximum atomic E-state index is 4.27. The molecule has 0 unspecified atom stereocenters. The highest BCUT2D eigenvalue weighted by molar-refractivity contribution is 7.19. The summed E-state index contributed by atoms with van der Waals surface area (Å²) in [4.78, 5) is 4.27. The standard InChI is InChI=1S/C9H5NS2/c1-2-11-8-4-9-7(3-6(1)8)10-5-12-9/h1-5H. The number of rotatable bonds is 0. The van der Waals surface area contributed by atoms with Crippen molar-refractivity contribution in [2.75, 3.05) is 0 Å². The van der Waals surface area contributed by atoms with Gasteiger partial charge < -0.3 is 0 Å². The summed E-state index contributed by atoms with van der Waals surface area (Å²) >= 11 is 3.49. The van der Waals surface area contributed by atoms with Crippen LogP contribution in [-0.2, 0) is 0 Å². The Bertz CT molecular complexity index is 444. The van der Waals surface area contributed by atoms with Crippen LogP contribution in [0, 0.1) is 0 Å². The Kier molecular flexibility index (Phi) is 1.25. The number of aromatic nitrogens is 1. The van der Waals surface area contributed by atoms with Gasteiger partial charge in [0.25, 0.3) is 0 Å². The first-order chi connectivity index (χ1) is 5.93. The van der Waals surface area contributed by atoms with Crippen LogP contribution in [0.1, 0.15) is 0 Å². The van der Waals surface area contributed by atoms with Crippen molar-refractivity contribution in [1.29, 1.82) is 0 Å². The summed E-state index contributed by atoms with van der Waals surface area (Å²) in [7, 11) is 0. The first-order valence-electron chi connectivity index (χ1n) is 3.64. The Hall–Kier alpha value is -0.930. The number of hydrogen-bond donors (Lipinski definition) is 0. The van der Waals surface area contributed by atoms with Crippen molar-refractivity contribution in [3.8, 4) is 0 Å². The molecule has 0 spiro atoms. The van der Waals surface area contributed by atoms with Crippen molar-refractivity contribution < 1.29 is 0 Å². The molecule has 0 aliphatic carbocycles. The maximum Gasteiger partial charge on any atom is 0.0819 e. The average Bonchev–Trinajstić information content (AvgIpc) is 2.64. The molecular weight excluding hydrogens is 186 g/mol. The normalized spacial score (nSPS) is 11.3. The summed E-state index contributed by atoms with van der Waals surface area (Å²) in [6, 6.07) is 6.50. The highest BCUT2D eigenvalue weighted by atomic mass is 32.1. The van der Waals surface area contributed by atoms with Crippen LogP contribution < -0.4 is 0 Å². The Morgan fingerprint density at radius 3 is 3.08 bits per heavy atom. The van der Waals surface area contributed by atoms with E-state index in [1.54, 1.807) is 22.7 Å². The fourth-order valence-electron chi connectivity index (χ4n) is 1.31. The van der Waals surface area contributed by atoms with Gasteiger partial charge in [0, 0.05) is 4.70 Å². The van der Waals surface area contributed by atoms with Crippen molar-refractivity contribution in [2.24, 2.45) is 0 Å². The van der Waals surface area contributed by atoms with Gasteiger partial charge in [-0.2, -0.15) is 0 Å². The molecular formula is C9H5NS2. The Balaban J connectivity index is 2.62. The molecule has 3 rings (SSSR count). The van der Waals surface area contributed by atoms with Crippen molar-refractivity contribution in [1.82, 2.24) is 4.98 Å². The number of nitrogens with zero attached hydrogens (tertiary/aromatic N) is 1. The minimum Gasteiger partial charge on any atom is -0.245 e. The van der Waals surface area contributed by atoms with Crippen LogP contribution in [0.15, 0.2) is 29.1 Å². The summed E-state index contributed by atoms with van der Waals surface area (Å²) in [5.41, 5.74) is 3.01. The predicted octanol–water partition coefficient (Wildman–Crippen LogP) is 3.51. The van der Waals surface area contributed by atoms with E-state index in [2.05, 4.69) is 28.6 Å². The largest absolute Gasteiger partial charge is 0.245 e. The molecule has 0 atom stereocenters. The van der Waals surface area contributed by atoms with Gasteiger partial charge in [0.2, 0.25) is 0 Å². The Morgan fingerprint density at radius 1 is 1.08 bits per heavy atom. The average molecular weight is 191 g/mol. The van der Waals surface area contributed by atoms with E-state index in [9.17, 15) is 0 Å². The van der Waals surface area contributed by atoms with E-state index in [0.29, 0.717) is 0 Å². The van der Waals surface area contributed by atoms with Crippen LogP contribution in [0.2, 0.25) is 0 Å². The lowest BCUT2D eigenvalue weighted by Gasteiger charge is -1.88. The molecule has 2 aromatic heterocycles. The summed E-state index contributed by atoms with van der Waals surface area (Å²) < 4.78 is 2.64. The van der Waals surface area contributed by atoms with E-state index in [0.717, 1.165) is 5.52 Å². The van der Waals surface area contributed by atoms with Crippen LogP contribution in [0.25, 0.3) is 20.3 Å². The van der Waals surface area contributed by atoms with Crippen molar-refractivity contribution in [3.05, 3.63) is 29.1 Å². The predicted molar refractivity (Wildman–Crippen MR) is 55.0 cm³/mol. The molecule has 1 nitrogen and oxygen atoms in total. The Labute approximate surface area is 77.3 Å². The number of fused-ring (bicyclic) bond motifs is 2. The second-order valence-corrected chi connectivity index (χ2v) is 4.46. The van der Waals surface area contributed by atoms with Crippen molar-refractivity contribution in [3.63, 3.8) is 0 Å². The van der Waals surface area contributed by atoms with Gasteiger partial charge in [0.15, 0.2) is 0 Å². The van der Waals surface area contributed by atoms with Gasteiger partial charge in [-0.15, -0.1) is 22.7 Å². The zero-order valence-corrected chi connectivity index (χ0v) is 7.78. The molecule has 0 radical (unpaired) electrons. The van der Waals surface area contributed by atoms with Crippen molar-refractivity contribution in [2.45, 2.75) is 0 Å². The molecule has 3 aromatic rings. The Morgan fingerprint density at radius 2 is 2.08 bits per heavy atom. The van der Waals surface area contributed by atoms with Crippen LogP contribution in [0.4, 0.5) is 0 Å². The molecule has 0 fully saturated rings. The lowest BCUT2D eigenvalue weighted by Crippen LogP contribution is -1.65. The van der Waals surface area contributed by atoms with Gasteiger partial charge in [0.05, 0.1) is 15.7 Å². The smallest absolute Gasteiger partial charge is 0.0819 e. The number of thiophene rings is 1. The molecule has 0 bridgehead atoms. The molecule has 0 saturated heterocycles. The SMILES string of the molecule is c1cc2cc3ncsc3cc2s1. The van der Waals surface area contributed by atoms with E-state index in [-0.39, 0.29) is 0 Å². The molecule has 12 heavy (non-hydrogen) atoms. The molecule has 0 aliphatic rings. The molecule has 0 amide bonds. The summed E-state index contributed by atoms with van der Waals surface area (Å²) in [6.07, 6.45) is 0. The molecule has 0 saturated carbocycles. The van der Waals surface area contributed by atoms with Gasteiger partial charge in [-0.3, -0.25) is 0 Å². The van der Waals surface area contributed by atoms with E-state index < -0.39 is 0 Å². The zero-order valence-electron chi connectivity index (χ0n) is 6.15. The second-order valence-electron chi connectivity index (χ2n) is 2.63.